The summed E-state index contributed by atoms with van der Waals surface area (Å²) >= 11 is 0. The molecular weight excluding hydrogens is 254 g/mol. The molecule has 1 aromatic carbocycles. The summed E-state index contributed by atoms with van der Waals surface area (Å²) in [5.74, 6) is 0.630. The molecule has 0 bridgehead atoms. The molecule has 1 fully saturated rings. The normalized spacial score (nSPS) is 18.5. The van der Waals surface area contributed by atoms with Gasteiger partial charge in [-0.05, 0) is 36.8 Å². The SMILES string of the molecule is CCOCC(=O)N1CC[C@@H](Cc2ccc(CO)cc2)C1. The van der Waals surface area contributed by atoms with Gasteiger partial charge in [0, 0.05) is 19.7 Å². The second-order valence-electron chi connectivity index (χ2n) is 5.31. The first-order chi connectivity index (χ1) is 9.72. The molecule has 20 heavy (non-hydrogen) atoms. The minimum Gasteiger partial charge on any atom is -0.392 e. The fraction of sp³-hybridized carbons (Fsp3) is 0.562. The molecule has 1 atom stereocenters. The number of carbonyl (C=O) groups excluding carboxylic acids is 1. The zero-order chi connectivity index (χ0) is 14.4. The van der Waals surface area contributed by atoms with Crippen LogP contribution < -0.4 is 0 Å². The van der Waals surface area contributed by atoms with Crippen LogP contribution in [0.5, 0.6) is 0 Å². The fourth-order valence-corrected chi connectivity index (χ4v) is 2.62. The van der Waals surface area contributed by atoms with Crippen LogP contribution in [-0.2, 0) is 22.6 Å². The van der Waals surface area contributed by atoms with Gasteiger partial charge in [0.15, 0.2) is 0 Å². The Morgan fingerprint density at radius 3 is 2.70 bits per heavy atom. The van der Waals surface area contributed by atoms with Crippen LogP contribution in [0.25, 0.3) is 0 Å². The van der Waals surface area contributed by atoms with Gasteiger partial charge in [-0.25, -0.2) is 0 Å². The van der Waals surface area contributed by atoms with Crippen molar-refractivity contribution in [3.8, 4) is 0 Å². The van der Waals surface area contributed by atoms with Crippen LogP contribution >= 0.6 is 0 Å². The first-order valence-corrected chi connectivity index (χ1v) is 7.27. The Balaban J connectivity index is 1.81. The van der Waals surface area contributed by atoms with E-state index in [9.17, 15) is 4.79 Å². The molecule has 1 heterocycles. The number of aliphatic hydroxyl groups is 1. The zero-order valence-corrected chi connectivity index (χ0v) is 12.0. The van der Waals surface area contributed by atoms with Crippen molar-refractivity contribution in [3.63, 3.8) is 0 Å². The first-order valence-electron chi connectivity index (χ1n) is 7.27. The number of aliphatic hydroxyl groups excluding tert-OH is 1. The molecule has 0 spiro atoms. The highest BCUT2D eigenvalue weighted by Crippen LogP contribution is 2.21. The van der Waals surface area contributed by atoms with Crippen molar-refractivity contribution in [3.05, 3.63) is 35.4 Å². The minimum absolute atomic E-state index is 0.0867. The molecule has 0 aliphatic carbocycles. The smallest absolute Gasteiger partial charge is 0.248 e. The molecule has 1 N–H and O–H groups in total. The van der Waals surface area contributed by atoms with E-state index < -0.39 is 0 Å². The summed E-state index contributed by atoms with van der Waals surface area (Å²) in [6.07, 6.45) is 2.05. The van der Waals surface area contributed by atoms with Gasteiger partial charge in [0.2, 0.25) is 5.91 Å². The van der Waals surface area contributed by atoms with Gasteiger partial charge in [-0.15, -0.1) is 0 Å². The van der Waals surface area contributed by atoms with E-state index in [1.165, 1.54) is 5.56 Å². The molecule has 4 nitrogen and oxygen atoms in total. The van der Waals surface area contributed by atoms with E-state index in [4.69, 9.17) is 9.84 Å². The molecule has 0 unspecified atom stereocenters. The summed E-state index contributed by atoms with van der Waals surface area (Å²) in [5, 5.41) is 9.02. The molecule has 0 saturated carbocycles. The number of hydrogen-bond donors (Lipinski definition) is 1. The number of benzene rings is 1. The molecule has 0 radical (unpaired) electrons. The number of nitrogens with zero attached hydrogens (tertiary/aromatic N) is 1. The highest BCUT2D eigenvalue weighted by Gasteiger charge is 2.26. The average molecular weight is 277 g/mol. The minimum atomic E-state index is 0.0867. The molecule has 2 rings (SSSR count). The average Bonchev–Trinajstić information content (AvgIpc) is 2.94. The van der Waals surface area contributed by atoms with Crippen LogP contribution in [-0.4, -0.2) is 42.2 Å². The van der Waals surface area contributed by atoms with Gasteiger partial charge in [0.1, 0.15) is 6.61 Å². The van der Waals surface area contributed by atoms with Gasteiger partial charge < -0.3 is 14.7 Å². The van der Waals surface area contributed by atoms with Crippen LogP contribution in [0.4, 0.5) is 0 Å². The van der Waals surface area contributed by atoms with Crippen molar-refractivity contribution in [2.75, 3.05) is 26.3 Å². The number of amides is 1. The predicted molar refractivity (Wildman–Crippen MR) is 77.2 cm³/mol. The van der Waals surface area contributed by atoms with E-state index in [-0.39, 0.29) is 19.1 Å². The van der Waals surface area contributed by atoms with Gasteiger partial charge in [0.05, 0.1) is 6.61 Å². The molecule has 1 aliphatic heterocycles. The summed E-state index contributed by atoms with van der Waals surface area (Å²) in [6.45, 7) is 4.44. The van der Waals surface area contributed by atoms with Crippen molar-refractivity contribution < 1.29 is 14.6 Å². The van der Waals surface area contributed by atoms with Crippen LogP contribution in [0.15, 0.2) is 24.3 Å². The van der Waals surface area contributed by atoms with Crippen LogP contribution in [0.3, 0.4) is 0 Å². The highest BCUT2D eigenvalue weighted by atomic mass is 16.5. The summed E-state index contributed by atoms with van der Waals surface area (Å²) in [6, 6.07) is 8.05. The van der Waals surface area contributed by atoms with Crippen molar-refractivity contribution in [1.29, 1.82) is 0 Å². The van der Waals surface area contributed by atoms with E-state index in [1.807, 2.05) is 24.0 Å². The lowest BCUT2D eigenvalue weighted by atomic mass is 9.98. The highest BCUT2D eigenvalue weighted by molar-refractivity contribution is 5.77. The Morgan fingerprint density at radius 1 is 1.35 bits per heavy atom. The molecule has 110 valence electrons. The summed E-state index contributed by atoms with van der Waals surface area (Å²) < 4.78 is 5.17. The molecular formula is C16H23NO3. The maximum Gasteiger partial charge on any atom is 0.248 e. The lowest BCUT2D eigenvalue weighted by Crippen LogP contribution is -2.32. The van der Waals surface area contributed by atoms with Crippen LogP contribution in [0.1, 0.15) is 24.5 Å². The van der Waals surface area contributed by atoms with E-state index in [2.05, 4.69) is 12.1 Å². The van der Waals surface area contributed by atoms with E-state index >= 15 is 0 Å². The topological polar surface area (TPSA) is 49.8 Å². The Kier molecular flexibility index (Phi) is 5.56. The molecule has 1 aliphatic rings. The van der Waals surface area contributed by atoms with Gasteiger partial charge in [0.25, 0.3) is 0 Å². The van der Waals surface area contributed by atoms with Gasteiger partial charge in [-0.2, -0.15) is 0 Å². The van der Waals surface area contributed by atoms with Gasteiger partial charge >= 0.3 is 0 Å². The molecule has 4 heteroatoms. The molecule has 0 aromatic heterocycles. The van der Waals surface area contributed by atoms with E-state index in [0.717, 1.165) is 31.5 Å². The Bertz CT molecular complexity index is 430. The summed E-state index contributed by atoms with van der Waals surface area (Å²) in [4.78, 5) is 13.8. The lowest BCUT2D eigenvalue weighted by Gasteiger charge is -2.16. The lowest BCUT2D eigenvalue weighted by molar-refractivity contribution is -0.135. The first kappa shape index (κ1) is 15.0. The molecule has 1 saturated heterocycles. The van der Waals surface area contributed by atoms with Gasteiger partial charge in [-0.3, -0.25) is 4.79 Å². The van der Waals surface area contributed by atoms with E-state index in [0.29, 0.717) is 12.5 Å². The molecule has 1 amide bonds. The zero-order valence-electron chi connectivity index (χ0n) is 12.0. The maximum absolute atomic E-state index is 11.9. The third-order valence-electron chi connectivity index (χ3n) is 3.80. The third kappa shape index (κ3) is 4.05. The molecule has 1 aromatic rings. The fourth-order valence-electron chi connectivity index (χ4n) is 2.62. The summed E-state index contributed by atoms with van der Waals surface area (Å²) in [5.41, 5.74) is 2.21. The number of hydrogen-bond acceptors (Lipinski definition) is 3. The van der Waals surface area contributed by atoms with Crippen LogP contribution in [0, 0.1) is 5.92 Å². The number of ether oxygens (including phenoxy) is 1. The Morgan fingerprint density at radius 2 is 2.05 bits per heavy atom. The summed E-state index contributed by atoms with van der Waals surface area (Å²) in [7, 11) is 0. The predicted octanol–water partition coefficient (Wildman–Crippen LogP) is 1.61. The monoisotopic (exact) mass is 277 g/mol. The number of rotatable bonds is 6. The van der Waals surface area contributed by atoms with Crippen molar-refractivity contribution in [2.24, 2.45) is 5.92 Å². The van der Waals surface area contributed by atoms with Crippen molar-refractivity contribution in [1.82, 2.24) is 4.90 Å². The largest absolute Gasteiger partial charge is 0.392 e. The van der Waals surface area contributed by atoms with Crippen LogP contribution in [0.2, 0.25) is 0 Å². The number of likely N-dealkylation sites (tertiary alicyclic amines) is 1. The van der Waals surface area contributed by atoms with Crippen molar-refractivity contribution >= 4 is 5.91 Å². The Hall–Kier alpha value is -1.39. The van der Waals surface area contributed by atoms with Crippen molar-refractivity contribution in [2.45, 2.75) is 26.4 Å². The second kappa shape index (κ2) is 7.41. The number of carbonyl (C=O) groups is 1. The standard InChI is InChI=1S/C16H23NO3/c1-2-20-12-16(19)17-8-7-15(10-17)9-13-3-5-14(11-18)6-4-13/h3-6,15,18H,2,7-12H2,1H3/t15-/m0/s1. The maximum atomic E-state index is 11.9. The quantitative estimate of drug-likeness (QED) is 0.859. The second-order valence-corrected chi connectivity index (χ2v) is 5.31. The third-order valence-corrected chi connectivity index (χ3v) is 3.80. The van der Waals surface area contributed by atoms with E-state index in [1.54, 1.807) is 0 Å². The Labute approximate surface area is 120 Å². The van der Waals surface area contributed by atoms with Gasteiger partial charge in [-0.1, -0.05) is 24.3 Å².